The van der Waals surface area contributed by atoms with E-state index in [1.165, 1.54) is 37.2 Å². The number of rotatable bonds is 2. The van der Waals surface area contributed by atoms with E-state index < -0.39 is 0 Å². The SMILES string of the molecule is Cc1nsc(NC2CCC[C@H]3C[C@@H]23)n1. The fraction of sp³-hybridized carbons (Fsp3) is 0.800. The molecule has 0 saturated heterocycles. The van der Waals surface area contributed by atoms with Crippen molar-refractivity contribution in [3.8, 4) is 0 Å². The molecule has 3 nitrogen and oxygen atoms in total. The molecule has 0 aliphatic heterocycles. The summed E-state index contributed by atoms with van der Waals surface area (Å²) >= 11 is 1.49. The number of hydrogen-bond acceptors (Lipinski definition) is 4. The second-order valence-corrected chi connectivity index (χ2v) is 5.24. The van der Waals surface area contributed by atoms with E-state index in [4.69, 9.17) is 0 Å². The van der Waals surface area contributed by atoms with Gasteiger partial charge in [-0.3, -0.25) is 0 Å². The number of aryl methyl sites for hydroxylation is 1. The second kappa shape index (κ2) is 3.19. The average molecular weight is 209 g/mol. The predicted octanol–water partition coefficient (Wildman–Crippen LogP) is 2.45. The fourth-order valence-corrected chi connectivity index (χ4v) is 3.24. The lowest BCUT2D eigenvalue weighted by atomic mass is 9.96. The minimum absolute atomic E-state index is 0.682. The van der Waals surface area contributed by atoms with Crippen LogP contribution in [0, 0.1) is 18.8 Å². The Morgan fingerprint density at radius 1 is 1.43 bits per heavy atom. The van der Waals surface area contributed by atoms with Crippen molar-refractivity contribution in [1.29, 1.82) is 0 Å². The third-order valence-corrected chi connectivity index (χ3v) is 4.16. The van der Waals surface area contributed by atoms with Crippen molar-refractivity contribution in [3.05, 3.63) is 5.82 Å². The summed E-state index contributed by atoms with van der Waals surface area (Å²) in [6.07, 6.45) is 5.60. The zero-order valence-corrected chi connectivity index (χ0v) is 9.18. The molecule has 0 radical (unpaired) electrons. The lowest BCUT2D eigenvalue weighted by Crippen LogP contribution is -2.25. The van der Waals surface area contributed by atoms with Gasteiger partial charge in [0.25, 0.3) is 0 Å². The molecule has 0 aromatic carbocycles. The van der Waals surface area contributed by atoms with E-state index in [0.717, 1.165) is 22.8 Å². The van der Waals surface area contributed by atoms with Gasteiger partial charge < -0.3 is 5.32 Å². The summed E-state index contributed by atoms with van der Waals surface area (Å²) in [5.41, 5.74) is 0. The van der Waals surface area contributed by atoms with Crippen LogP contribution in [0.15, 0.2) is 0 Å². The van der Waals surface area contributed by atoms with Crippen LogP contribution in [0.1, 0.15) is 31.5 Å². The maximum Gasteiger partial charge on any atom is 0.202 e. The lowest BCUT2D eigenvalue weighted by Gasteiger charge is -2.21. The third kappa shape index (κ3) is 1.52. The molecule has 4 heteroatoms. The van der Waals surface area contributed by atoms with Crippen molar-refractivity contribution >= 4 is 16.7 Å². The summed E-state index contributed by atoms with van der Waals surface area (Å²) in [5.74, 6) is 2.85. The molecular formula is C10H15N3S. The first-order valence-electron chi connectivity index (χ1n) is 5.40. The Morgan fingerprint density at radius 3 is 3.14 bits per heavy atom. The number of nitrogens with zero attached hydrogens (tertiary/aromatic N) is 2. The zero-order chi connectivity index (χ0) is 9.54. The van der Waals surface area contributed by atoms with Crippen molar-refractivity contribution in [3.63, 3.8) is 0 Å². The van der Waals surface area contributed by atoms with Gasteiger partial charge in [-0.15, -0.1) is 0 Å². The molecule has 3 rings (SSSR count). The van der Waals surface area contributed by atoms with Crippen LogP contribution in [0.25, 0.3) is 0 Å². The molecule has 14 heavy (non-hydrogen) atoms. The zero-order valence-electron chi connectivity index (χ0n) is 8.36. The van der Waals surface area contributed by atoms with Crippen molar-refractivity contribution in [2.75, 3.05) is 5.32 Å². The van der Waals surface area contributed by atoms with Gasteiger partial charge in [-0.05, 0) is 31.6 Å². The van der Waals surface area contributed by atoms with Crippen LogP contribution in [-0.4, -0.2) is 15.4 Å². The van der Waals surface area contributed by atoms with E-state index in [1.807, 2.05) is 6.92 Å². The molecule has 1 aromatic rings. The van der Waals surface area contributed by atoms with E-state index in [-0.39, 0.29) is 0 Å². The largest absolute Gasteiger partial charge is 0.357 e. The summed E-state index contributed by atoms with van der Waals surface area (Å²) in [7, 11) is 0. The molecule has 2 saturated carbocycles. The minimum atomic E-state index is 0.682. The quantitative estimate of drug-likeness (QED) is 0.813. The first kappa shape index (κ1) is 8.65. The lowest BCUT2D eigenvalue weighted by molar-refractivity contribution is 0.439. The molecule has 0 amide bonds. The number of fused-ring (bicyclic) bond motifs is 1. The second-order valence-electron chi connectivity index (χ2n) is 4.49. The Balaban J connectivity index is 1.66. The molecule has 1 heterocycles. The molecule has 2 fully saturated rings. The average Bonchev–Trinajstić information content (AvgIpc) is 2.86. The van der Waals surface area contributed by atoms with E-state index in [9.17, 15) is 0 Å². The topological polar surface area (TPSA) is 37.8 Å². The Labute approximate surface area is 88.1 Å². The maximum absolute atomic E-state index is 4.35. The van der Waals surface area contributed by atoms with Crippen LogP contribution in [-0.2, 0) is 0 Å². The van der Waals surface area contributed by atoms with Gasteiger partial charge in [0.15, 0.2) is 0 Å². The van der Waals surface area contributed by atoms with Gasteiger partial charge in [-0.1, -0.05) is 12.8 Å². The first-order valence-corrected chi connectivity index (χ1v) is 6.17. The molecular weight excluding hydrogens is 194 g/mol. The van der Waals surface area contributed by atoms with Crippen LogP contribution >= 0.6 is 11.5 Å². The summed E-state index contributed by atoms with van der Waals surface area (Å²) in [5, 5.41) is 4.55. The van der Waals surface area contributed by atoms with E-state index in [2.05, 4.69) is 14.7 Å². The monoisotopic (exact) mass is 209 g/mol. The molecule has 0 spiro atoms. The molecule has 2 aliphatic carbocycles. The molecule has 2 aliphatic rings. The standard InChI is InChI=1S/C10H15N3S/c1-6-11-10(14-13-6)12-9-4-2-3-7-5-8(7)9/h7-9H,2-5H2,1H3,(H,11,12,13)/t7-,8+,9?/m0/s1. The van der Waals surface area contributed by atoms with Gasteiger partial charge in [-0.2, -0.15) is 4.37 Å². The predicted molar refractivity (Wildman–Crippen MR) is 57.5 cm³/mol. The van der Waals surface area contributed by atoms with Crippen molar-refractivity contribution < 1.29 is 0 Å². The Morgan fingerprint density at radius 2 is 2.36 bits per heavy atom. The first-order chi connectivity index (χ1) is 6.83. The number of anilines is 1. The van der Waals surface area contributed by atoms with Crippen LogP contribution < -0.4 is 5.32 Å². The Bertz CT molecular complexity index is 336. The summed E-state index contributed by atoms with van der Waals surface area (Å²) < 4.78 is 4.19. The summed E-state index contributed by atoms with van der Waals surface area (Å²) in [6, 6.07) is 0.682. The van der Waals surface area contributed by atoms with Crippen molar-refractivity contribution in [1.82, 2.24) is 9.36 Å². The van der Waals surface area contributed by atoms with Gasteiger partial charge in [0.05, 0.1) is 0 Å². The fourth-order valence-electron chi connectivity index (χ4n) is 2.60. The highest BCUT2D eigenvalue weighted by Crippen LogP contribution is 2.50. The van der Waals surface area contributed by atoms with E-state index in [0.29, 0.717) is 6.04 Å². The molecule has 76 valence electrons. The normalized spacial score (nSPS) is 35.1. The van der Waals surface area contributed by atoms with E-state index in [1.54, 1.807) is 0 Å². The van der Waals surface area contributed by atoms with Crippen LogP contribution in [0.4, 0.5) is 5.13 Å². The van der Waals surface area contributed by atoms with Crippen molar-refractivity contribution in [2.45, 2.75) is 38.6 Å². The van der Waals surface area contributed by atoms with Gasteiger partial charge in [0.2, 0.25) is 5.13 Å². The van der Waals surface area contributed by atoms with Gasteiger partial charge in [-0.25, -0.2) is 4.98 Å². The molecule has 1 unspecified atom stereocenters. The maximum atomic E-state index is 4.35. The highest BCUT2D eigenvalue weighted by atomic mass is 32.1. The molecule has 0 bridgehead atoms. The Hall–Kier alpha value is -0.640. The van der Waals surface area contributed by atoms with Crippen LogP contribution in [0.2, 0.25) is 0 Å². The third-order valence-electron chi connectivity index (χ3n) is 3.42. The smallest absolute Gasteiger partial charge is 0.202 e. The minimum Gasteiger partial charge on any atom is -0.357 e. The molecule has 3 atom stereocenters. The summed E-state index contributed by atoms with van der Waals surface area (Å²) in [6.45, 7) is 1.95. The highest BCUT2D eigenvalue weighted by Gasteiger charge is 2.45. The Kier molecular flexibility index (Phi) is 1.97. The van der Waals surface area contributed by atoms with Gasteiger partial charge in [0, 0.05) is 17.6 Å². The highest BCUT2D eigenvalue weighted by molar-refractivity contribution is 7.09. The van der Waals surface area contributed by atoms with Gasteiger partial charge in [0.1, 0.15) is 5.82 Å². The van der Waals surface area contributed by atoms with Crippen LogP contribution in [0.5, 0.6) is 0 Å². The number of hydrogen-bond donors (Lipinski definition) is 1. The molecule has 1 N–H and O–H groups in total. The van der Waals surface area contributed by atoms with Crippen LogP contribution in [0.3, 0.4) is 0 Å². The number of aromatic nitrogens is 2. The molecule has 1 aromatic heterocycles. The summed E-state index contributed by atoms with van der Waals surface area (Å²) in [4.78, 5) is 4.35. The van der Waals surface area contributed by atoms with Gasteiger partial charge >= 0.3 is 0 Å². The van der Waals surface area contributed by atoms with E-state index >= 15 is 0 Å². The van der Waals surface area contributed by atoms with Crippen molar-refractivity contribution in [2.24, 2.45) is 11.8 Å². The number of nitrogens with one attached hydrogen (secondary N) is 1.